The molecule has 0 atom stereocenters. The number of carboxylic acid groups (broad SMARTS) is 1. The van der Waals surface area contributed by atoms with Crippen LogP contribution in [0, 0.1) is 0 Å². The number of rotatable bonds is 5. The maximum Gasteiger partial charge on any atom is 0.371 e. The Hall–Kier alpha value is -2.01. The Morgan fingerprint density at radius 1 is 1.35 bits per heavy atom. The van der Waals surface area contributed by atoms with Crippen LogP contribution in [0.1, 0.15) is 10.6 Å². The highest BCUT2D eigenvalue weighted by atomic mass is 16.5. The van der Waals surface area contributed by atoms with Gasteiger partial charge in [-0.3, -0.25) is 0 Å². The van der Waals surface area contributed by atoms with E-state index in [1.165, 1.54) is 6.07 Å². The van der Waals surface area contributed by atoms with Gasteiger partial charge in [0.1, 0.15) is 17.9 Å². The molecule has 0 fully saturated rings. The average molecular weight is 236 g/mol. The van der Waals surface area contributed by atoms with Crippen LogP contribution in [0.15, 0.2) is 28.7 Å². The lowest BCUT2D eigenvalue weighted by Crippen LogP contribution is -2.03. The van der Waals surface area contributed by atoms with Crippen molar-refractivity contribution >= 4 is 16.9 Å². The van der Waals surface area contributed by atoms with Gasteiger partial charge in [-0.1, -0.05) is 0 Å². The van der Waals surface area contributed by atoms with Crippen LogP contribution in [-0.4, -0.2) is 31.4 Å². The molecule has 0 saturated carbocycles. The van der Waals surface area contributed by atoms with Crippen LogP contribution in [0.3, 0.4) is 0 Å². The van der Waals surface area contributed by atoms with Gasteiger partial charge in [-0.15, -0.1) is 0 Å². The van der Waals surface area contributed by atoms with Gasteiger partial charge in [0.15, 0.2) is 0 Å². The van der Waals surface area contributed by atoms with E-state index in [4.69, 9.17) is 19.0 Å². The quantitative estimate of drug-likeness (QED) is 0.805. The first-order valence-corrected chi connectivity index (χ1v) is 5.09. The van der Waals surface area contributed by atoms with Gasteiger partial charge >= 0.3 is 5.97 Å². The molecule has 0 unspecified atom stereocenters. The zero-order valence-corrected chi connectivity index (χ0v) is 9.30. The Bertz CT molecular complexity index is 529. The standard InChI is InChI=1S/C12H12O5/c1-15-4-5-16-9-2-3-10-8(6-9)7-11(17-10)12(13)14/h2-3,6-7H,4-5H2,1H3,(H,13,14). The van der Waals surface area contributed by atoms with E-state index < -0.39 is 5.97 Å². The first-order valence-electron chi connectivity index (χ1n) is 5.09. The maximum atomic E-state index is 10.7. The van der Waals surface area contributed by atoms with Crippen LogP contribution in [0.4, 0.5) is 0 Å². The molecule has 0 saturated heterocycles. The van der Waals surface area contributed by atoms with Crippen molar-refractivity contribution in [2.24, 2.45) is 0 Å². The highest BCUT2D eigenvalue weighted by Gasteiger charge is 2.10. The highest BCUT2D eigenvalue weighted by molar-refractivity contribution is 5.91. The van der Waals surface area contributed by atoms with Gasteiger partial charge in [-0.25, -0.2) is 4.79 Å². The van der Waals surface area contributed by atoms with Gasteiger partial charge in [0.05, 0.1) is 6.61 Å². The first-order chi connectivity index (χ1) is 8.20. The molecular weight excluding hydrogens is 224 g/mol. The largest absolute Gasteiger partial charge is 0.491 e. The lowest BCUT2D eigenvalue weighted by Gasteiger charge is -2.04. The molecule has 5 heteroatoms. The highest BCUT2D eigenvalue weighted by Crippen LogP contribution is 2.24. The molecule has 17 heavy (non-hydrogen) atoms. The molecule has 2 aromatic rings. The molecule has 1 aromatic heterocycles. The van der Waals surface area contributed by atoms with Crippen LogP contribution in [0.2, 0.25) is 0 Å². The Kier molecular flexibility index (Phi) is 3.30. The van der Waals surface area contributed by atoms with Gasteiger partial charge < -0.3 is 19.0 Å². The maximum absolute atomic E-state index is 10.7. The van der Waals surface area contributed by atoms with Gasteiger partial charge in [-0.2, -0.15) is 0 Å². The molecule has 1 aromatic carbocycles. The third kappa shape index (κ3) is 2.57. The Morgan fingerprint density at radius 3 is 2.88 bits per heavy atom. The summed E-state index contributed by atoms with van der Waals surface area (Å²) in [7, 11) is 1.60. The predicted molar refractivity (Wildman–Crippen MR) is 60.5 cm³/mol. The van der Waals surface area contributed by atoms with Crippen molar-refractivity contribution in [1.29, 1.82) is 0 Å². The van der Waals surface area contributed by atoms with Crippen LogP contribution in [0.25, 0.3) is 11.0 Å². The summed E-state index contributed by atoms with van der Waals surface area (Å²) < 4.78 is 15.4. The van der Waals surface area contributed by atoms with E-state index in [1.54, 1.807) is 25.3 Å². The fraction of sp³-hybridized carbons (Fsp3) is 0.250. The van der Waals surface area contributed by atoms with E-state index in [0.29, 0.717) is 29.9 Å². The van der Waals surface area contributed by atoms with E-state index in [9.17, 15) is 4.79 Å². The molecule has 0 aliphatic rings. The Labute approximate surface area is 97.6 Å². The normalized spacial score (nSPS) is 10.6. The Morgan fingerprint density at radius 2 is 2.18 bits per heavy atom. The summed E-state index contributed by atoms with van der Waals surface area (Å²) in [4.78, 5) is 10.7. The summed E-state index contributed by atoms with van der Waals surface area (Å²) in [5.41, 5.74) is 0.529. The lowest BCUT2D eigenvalue weighted by atomic mass is 10.2. The number of ether oxygens (including phenoxy) is 2. The van der Waals surface area contributed by atoms with Crippen LogP contribution in [0.5, 0.6) is 5.75 Å². The van der Waals surface area contributed by atoms with Gasteiger partial charge in [-0.05, 0) is 24.3 Å². The minimum atomic E-state index is -1.08. The molecule has 90 valence electrons. The Balaban J connectivity index is 2.21. The van der Waals surface area contributed by atoms with E-state index >= 15 is 0 Å². The zero-order valence-electron chi connectivity index (χ0n) is 9.30. The van der Waals surface area contributed by atoms with E-state index in [1.807, 2.05) is 0 Å². The molecule has 0 spiro atoms. The van der Waals surface area contributed by atoms with Crippen molar-refractivity contribution in [3.05, 3.63) is 30.0 Å². The van der Waals surface area contributed by atoms with Gasteiger partial charge in [0.25, 0.3) is 0 Å². The molecule has 1 N–H and O–H groups in total. The van der Waals surface area contributed by atoms with Gasteiger partial charge in [0.2, 0.25) is 5.76 Å². The molecule has 0 bridgehead atoms. The zero-order chi connectivity index (χ0) is 12.3. The van der Waals surface area contributed by atoms with Crippen molar-refractivity contribution in [3.8, 4) is 5.75 Å². The number of hydrogen-bond donors (Lipinski definition) is 1. The smallest absolute Gasteiger partial charge is 0.371 e. The number of hydrogen-bond acceptors (Lipinski definition) is 4. The van der Waals surface area contributed by atoms with Crippen molar-refractivity contribution in [3.63, 3.8) is 0 Å². The minimum absolute atomic E-state index is 0.0750. The number of carboxylic acids is 1. The number of furan rings is 1. The molecule has 0 amide bonds. The average Bonchev–Trinajstić information content (AvgIpc) is 2.72. The fourth-order valence-corrected chi connectivity index (χ4v) is 1.46. The first kappa shape index (κ1) is 11.5. The van der Waals surface area contributed by atoms with E-state index in [2.05, 4.69) is 0 Å². The predicted octanol–water partition coefficient (Wildman–Crippen LogP) is 2.16. The van der Waals surface area contributed by atoms with E-state index in [-0.39, 0.29) is 5.76 Å². The second-order valence-electron chi connectivity index (χ2n) is 3.46. The molecule has 2 rings (SSSR count). The van der Waals surface area contributed by atoms with E-state index in [0.717, 1.165) is 0 Å². The summed E-state index contributed by atoms with van der Waals surface area (Å²) in [6.07, 6.45) is 0. The third-order valence-corrected chi connectivity index (χ3v) is 2.25. The summed E-state index contributed by atoms with van der Waals surface area (Å²) in [5.74, 6) is -0.496. The summed E-state index contributed by atoms with van der Waals surface area (Å²) in [5, 5.41) is 9.49. The third-order valence-electron chi connectivity index (χ3n) is 2.25. The molecular formula is C12H12O5. The summed E-state index contributed by atoms with van der Waals surface area (Å²) in [6.45, 7) is 0.954. The molecule has 0 radical (unpaired) electrons. The number of aromatic carboxylic acids is 1. The fourth-order valence-electron chi connectivity index (χ4n) is 1.46. The number of methoxy groups -OCH3 is 1. The van der Waals surface area contributed by atoms with Crippen molar-refractivity contribution in [2.75, 3.05) is 20.3 Å². The van der Waals surface area contributed by atoms with Gasteiger partial charge in [0, 0.05) is 12.5 Å². The second kappa shape index (κ2) is 4.88. The summed E-state index contributed by atoms with van der Waals surface area (Å²) in [6, 6.07) is 6.62. The monoisotopic (exact) mass is 236 g/mol. The lowest BCUT2D eigenvalue weighted by molar-refractivity contribution is 0.0665. The number of fused-ring (bicyclic) bond motifs is 1. The SMILES string of the molecule is COCCOc1ccc2oc(C(=O)O)cc2c1. The van der Waals surface area contributed by atoms with Crippen LogP contribution >= 0.6 is 0 Å². The van der Waals surface area contributed by atoms with Crippen molar-refractivity contribution in [1.82, 2.24) is 0 Å². The number of benzene rings is 1. The second-order valence-corrected chi connectivity index (χ2v) is 3.46. The molecule has 5 nitrogen and oxygen atoms in total. The number of carbonyl (C=O) groups is 1. The molecule has 0 aliphatic heterocycles. The molecule has 0 aliphatic carbocycles. The van der Waals surface area contributed by atoms with Crippen molar-refractivity contribution in [2.45, 2.75) is 0 Å². The van der Waals surface area contributed by atoms with Crippen LogP contribution in [-0.2, 0) is 4.74 Å². The topological polar surface area (TPSA) is 68.9 Å². The minimum Gasteiger partial charge on any atom is -0.491 e. The van der Waals surface area contributed by atoms with Crippen molar-refractivity contribution < 1.29 is 23.8 Å². The van der Waals surface area contributed by atoms with Crippen LogP contribution < -0.4 is 4.74 Å². The molecule has 1 heterocycles. The summed E-state index contributed by atoms with van der Waals surface area (Å²) >= 11 is 0.